The van der Waals surface area contributed by atoms with Gasteiger partial charge < -0.3 is 10.5 Å². The third-order valence-electron chi connectivity index (χ3n) is 1.44. The highest BCUT2D eigenvalue weighted by atomic mass is 32.2. The summed E-state index contributed by atoms with van der Waals surface area (Å²) in [5.41, 5.74) is 5.06. The van der Waals surface area contributed by atoms with Gasteiger partial charge in [0.2, 0.25) is 0 Å². The van der Waals surface area contributed by atoms with E-state index in [0.717, 1.165) is 11.4 Å². The van der Waals surface area contributed by atoms with Crippen molar-refractivity contribution in [3.8, 4) is 0 Å². The third-order valence-corrected chi connectivity index (χ3v) is 2.93. The van der Waals surface area contributed by atoms with Crippen molar-refractivity contribution in [2.75, 3.05) is 20.2 Å². The fourth-order valence-corrected chi connectivity index (χ4v) is 1.84. The number of hydrogen-bond acceptors (Lipinski definition) is 5. The number of amides is 1. The smallest absolute Gasteiger partial charge is 0.421 e. The Morgan fingerprint density at radius 2 is 2.13 bits per heavy atom. The molecule has 0 saturated carbocycles. The highest BCUT2D eigenvalue weighted by molar-refractivity contribution is 7.87. The number of carbonyl (C=O) groups is 1. The lowest BCUT2D eigenvalue weighted by atomic mass is 10.6. The molecule has 0 aromatic heterocycles. The fourth-order valence-electron chi connectivity index (χ4n) is 0.768. The van der Waals surface area contributed by atoms with Gasteiger partial charge in [-0.15, -0.1) is 0 Å². The molecule has 0 aliphatic carbocycles. The van der Waals surface area contributed by atoms with Crippen molar-refractivity contribution >= 4 is 22.1 Å². The first-order chi connectivity index (χ1) is 6.83. The minimum atomic E-state index is -3.99. The largest absolute Gasteiger partial charge is 0.452 e. The van der Waals surface area contributed by atoms with E-state index in [1.165, 1.54) is 0 Å². The lowest BCUT2D eigenvalue weighted by Gasteiger charge is -2.19. The van der Waals surface area contributed by atoms with E-state index in [-0.39, 0.29) is 18.9 Å². The summed E-state index contributed by atoms with van der Waals surface area (Å²) in [6, 6.07) is 0. The van der Waals surface area contributed by atoms with Gasteiger partial charge in [0.1, 0.15) is 5.84 Å². The summed E-state index contributed by atoms with van der Waals surface area (Å²) < 4.78 is 29.5. The van der Waals surface area contributed by atoms with E-state index < -0.39 is 16.3 Å². The van der Waals surface area contributed by atoms with Gasteiger partial charge in [-0.05, 0) is 0 Å². The fraction of sp³-hybridized carbons (Fsp3) is 0.667. The summed E-state index contributed by atoms with van der Waals surface area (Å²) in [6.07, 6.45) is -1.09. The van der Waals surface area contributed by atoms with E-state index in [4.69, 9.17) is 11.1 Å². The molecular formula is C6H14N4O4S. The number of nitrogens with zero attached hydrogens (tertiary/aromatic N) is 1. The number of rotatable bonds is 5. The molecule has 8 nitrogen and oxygen atoms in total. The van der Waals surface area contributed by atoms with Gasteiger partial charge in [-0.1, -0.05) is 6.92 Å². The van der Waals surface area contributed by atoms with Crippen molar-refractivity contribution in [2.24, 2.45) is 5.73 Å². The average molecular weight is 238 g/mol. The van der Waals surface area contributed by atoms with Gasteiger partial charge in [0.15, 0.2) is 0 Å². The monoisotopic (exact) mass is 238 g/mol. The van der Waals surface area contributed by atoms with Crippen molar-refractivity contribution in [3.63, 3.8) is 0 Å². The first-order valence-electron chi connectivity index (χ1n) is 4.02. The predicted molar refractivity (Wildman–Crippen MR) is 53.6 cm³/mol. The zero-order valence-corrected chi connectivity index (χ0v) is 9.30. The average Bonchev–Trinajstić information content (AvgIpc) is 2.12. The molecule has 0 spiro atoms. The maximum atomic E-state index is 11.4. The van der Waals surface area contributed by atoms with Gasteiger partial charge in [0.05, 0.1) is 13.7 Å². The van der Waals surface area contributed by atoms with Gasteiger partial charge in [0.25, 0.3) is 0 Å². The number of amidine groups is 1. The van der Waals surface area contributed by atoms with Crippen LogP contribution in [0.25, 0.3) is 0 Å². The molecule has 0 heterocycles. The second kappa shape index (κ2) is 5.51. The molecule has 15 heavy (non-hydrogen) atoms. The molecule has 0 aliphatic heterocycles. The Morgan fingerprint density at radius 1 is 1.60 bits per heavy atom. The number of likely N-dealkylation sites (N-methyl/N-ethyl adjacent to an activating group) is 1. The van der Waals surface area contributed by atoms with Crippen molar-refractivity contribution in [1.29, 1.82) is 5.41 Å². The Hall–Kier alpha value is -1.35. The zero-order chi connectivity index (χ0) is 12.1. The molecule has 9 heteroatoms. The van der Waals surface area contributed by atoms with Crippen LogP contribution in [0.1, 0.15) is 6.92 Å². The van der Waals surface area contributed by atoms with Gasteiger partial charge in [-0.2, -0.15) is 12.7 Å². The van der Waals surface area contributed by atoms with Crippen LogP contribution >= 0.6 is 0 Å². The molecule has 0 fully saturated rings. The molecule has 0 aliphatic rings. The molecule has 88 valence electrons. The van der Waals surface area contributed by atoms with E-state index in [1.54, 1.807) is 11.6 Å². The Kier molecular flexibility index (Phi) is 5.02. The quantitative estimate of drug-likeness (QED) is 0.411. The maximum Gasteiger partial charge on any atom is 0.421 e. The van der Waals surface area contributed by atoms with Crippen LogP contribution in [0.15, 0.2) is 0 Å². The highest BCUT2D eigenvalue weighted by Gasteiger charge is 2.23. The van der Waals surface area contributed by atoms with Crippen LogP contribution in [0.4, 0.5) is 4.79 Å². The van der Waals surface area contributed by atoms with Crippen molar-refractivity contribution in [2.45, 2.75) is 6.92 Å². The molecule has 0 rings (SSSR count). The zero-order valence-electron chi connectivity index (χ0n) is 8.48. The molecule has 4 N–H and O–H groups in total. The molecule has 0 atom stereocenters. The summed E-state index contributed by atoms with van der Waals surface area (Å²) in [4.78, 5) is 10.7. The van der Waals surface area contributed by atoms with Crippen LogP contribution in [0.2, 0.25) is 0 Å². The standard InChI is InChI=1S/C6H14N4O4S/c1-3-10(4-5(7)8)15(12,13)9-6(11)14-2/h3-4H2,1-2H3,(H3,7,8)(H,9,11). The number of ether oxygens (including phenoxy) is 1. The lowest BCUT2D eigenvalue weighted by molar-refractivity contribution is 0.177. The Labute approximate surface area is 88.1 Å². The first-order valence-corrected chi connectivity index (χ1v) is 5.46. The predicted octanol–water partition coefficient (Wildman–Crippen LogP) is -1.15. The summed E-state index contributed by atoms with van der Waals surface area (Å²) in [7, 11) is -2.94. The third kappa shape index (κ3) is 4.61. The molecule has 0 bridgehead atoms. The molecular weight excluding hydrogens is 224 g/mol. The number of methoxy groups -OCH3 is 1. The van der Waals surface area contributed by atoms with Crippen molar-refractivity contribution in [1.82, 2.24) is 9.03 Å². The van der Waals surface area contributed by atoms with E-state index >= 15 is 0 Å². The molecule has 0 aromatic rings. The Balaban J connectivity index is 4.66. The summed E-state index contributed by atoms with van der Waals surface area (Å²) >= 11 is 0. The van der Waals surface area contributed by atoms with Gasteiger partial charge in [-0.3, -0.25) is 5.41 Å². The summed E-state index contributed by atoms with van der Waals surface area (Å²) in [5.74, 6) is -0.313. The van der Waals surface area contributed by atoms with E-state index in [9.17, 15) is 13.2 Å². The van der Waals surface area contributed by atoms with Crippen LogP contribution in [0.5, 0.6) is 0 Å². The van der Waals surface area contributed by atoms with E-state index in [0.29, 0.717) is 0 Å². The van der Waals surface area contributed by atoms with Gasteiger partial charge in [-0.25, -0.2) is 9.52 Å². The van der Waals surface area contributed by atoms with E-state index in [2.05, 4.69) is 4.74 Å². The lowest BCUT2D eigenvalue weighted by Crippen LogP contribution is -2.46. The molecule has 1 amide bonds. The minimum Gasteiger partial charge on any atom is -0.452 e. The van der Waals surface area contributed by atoms with Crippen LogP contribution in [0, 0.1) is 5.41 Å². The highest BCUT2D eigenvalue weighted by Crippen LogP contribution is 1.97. The molecule has 0 unspecified atom stereocenters. The van der Waals surface area contributed by atoms with Crippen molar-refractivity contribution < 1.29 is 17.9 Å². The van der Waals surface area contributed by atoms with Crippen LogP contribution < -0.4 is 10.5 Å². The second-order valence-electron chi connectivity index (χ2n) is 2.55. The van der Waals surface area contributed by atoms with Crippen LogP contribution in [-0.4, -0.2) is 44.9 Å². The number of hydrogen-bond donors (Lipinski definition) is 3. The molecule has 0 aromatic carbocycles. The van der Waals surface area contributed by atoms with Crippen LogP contribution in [-0.2, 0) is 14.9 Å². The number of carbonyl (C=O) groups excluding carboxylic acids is 1. The Morgan fingerprint density at radius 3 is 2.47 bits per heavy atom. The van der Waals surface area contributed by atoms with Crippen LogP contribution in [0.3, 0.4) is 0 Å². The minimum absolute atomic E-state index is 0.0892. The topological polar surface area (TPSA) is 126 Å². The number of nitrogens with two attached hydrogens (primary N) is 1. The van der Waals surface area contributed by atoms with E-state index in [1.807, 2.05) is 0 Å². The Bertz CT molecular complexity index is 339. The molecule has 0 radical (unpaired) electrons. The van der Waals surface area contributed by atoms with Crippen molar-refractivity contribution in [3.05, 3.63) is 0 Å². The summed E-state index contributed by atoms with van der Waals surface area (Å²) in [5, 5.41) is 6.96. The molecule has 0 saturated heterocycles. The normalized spacial score (nSPS) is 11.1. The second-order valence-corrected chi connectivity index (χ2v) is 4.22. The van der Waals surface area contributed by atoms with Gasteiger partial charge >= 0.3 is 16.3 Å². The maximum absolute atomic E-state index is 11.4. The number of nitrogens with one attached hydrogen (secondary N) is 2. The SMILES string of the molecule is CCN(CC(=N)N)S(=O)(=O)NC(=O)OC. The van der Waals surface area contributed by atoms with Gasteiger partial charge in [0, 0.05) is 6.54 Å². The first kappa shape index (κ1) is 13.7. The summed E-state index contributed by atoms with van der Waals surface area (Å²) in [6.45, 7) is 1.37.